The predicted octanol–water partition coefficient (Wildman–Crippen LogP) is 2.35. The van der Waals surface area contributed by atoms with E-state index in [-0.39, 0.29) is 0 Å². The minimum Gasteiger partial charge on any atom is -0.380 e. The van der Waals surface area contributed by atoms with Crippen molar-refractivity contribution in [2.24, 2.45) is 0 Å². The van der Waals surface area contributed by atoms with E-state index in [0.29, 0.717) is 6.04 Å². The lowest BCUT2D eigenvalue weighted by Gasteiger charge is -2.17. The van der Waals surface area contributed by atoms with Crippen LogP contribution in [0.4, 0.5) is 5.69 Å². The summed E-state index contributed by atoms with van der Waals surface area (Å²) in [4.78, 5) is 7.14. The minimum absolute atomic E-state index is 0.610. The van der Waals surface area contributed by atoms with Gasteiger partial charge in [0.1, 0.15) is 0 Å². The van der Waals surface area contributed by atoms with Crippen molar-refractivity contribution in [3.05, 3.63) is 23.5 Å². The molecule has 1 saturated heterocycles. The molecule has 2 heterocycles. The molecule has 1 aliphatic heterocycles. The van der Waals surface area contributed by atoms with Crippen LogP contribution < -0.4 is 5.32 Å². The summed E-state index contributed by atoms with van der Waals surface area (Å²) in [6, 6.07) is 5.76. The van der Waals surface area contributed by atoms with Gasteiger partial charge < -0.3 is 5.32 Å². The van der Waals surface area contributed by atoms with Crippen LogP contribution >= 0.6 is 0 Å². The smallest absolute Gasteiger partial charge is 0.0606 e. The first-order valence-corrected chi connectivity index (χ1v) is 6.67. The zero-order chi connectivity index (χ0) is 11.8. The Morgan fingerprint density at radius 2 is 2.06 bits per heavy atom. The summed E-state index contributed by atoms with van der Waals surface area (Å²) in [6.07, 6.45) is 4.10. The van der Waals surface area contributed by atoms with E-state index in [9.17, 15) is 0 Å². The molecule has 1 saturated carbocycles. The first kappa shape index (κ1) is 11.0. The van der Waals surface area contributed by atoms with Crippen LogP contribution in [-0.4, -0.2) is 35.1 Å². The number of pyridine rings is 1. The molecule has 3 heteroatoms. The van der Waals surface area contributed by atoms with Crippen LogP contribution in [0.2, 0.25) is 0 Å². The quantitative estimate of drug-likeness (QED) is 0.865. The highest BCUT2D eigenvalue weighted by Crippen LogP contribution is 2.30. The van der Waals surface area contributed by atoms with Crippen molar-refractivity contribution in [3.63, 3.8) is 0 Å². The van der Waals surface area contributed by atoms with Crippen LogP contribution in [0.25, 0.3) is 0 Å². The number of rotatable bonds is 3. The summed E-state index contributed by atoms with van der Waals surface area (Å²) < 4.78 is 0. The van der Waals surface area contributed by atoms with E-state index in [1.165, 1.54) is 38.0 Å². The Morgan fingerprint density at radius 1 is 1.24 bits per heavy atom. The van der Waals surface area contributed by atoms with E-state index in [2.05, 4.69) is 34.3 Å². The topological polar surface area (TPSA) is 28.2 Å². The SMILES string of the molecule is Cc1ccc(NC2CCN(C3CC3)C2)c(C)n1. The second-order valence-corrected chi connectivity index (χ2v) is 5.44. The van der Waals surface area contributed by atoms with Gasteiger partial charge in [0.2, 0.25) is 0 Å². The summed E-state index contributed by atoms with van der Waals surface area (Å²) in [5.74, 6) is 0. The molecule has 2 fully saturated rings. The molecule has 17 heavy (non-hydrogen) atoms. The van der Waals surface area contributed by atoms with E-state index >= 15 is 0 Å². The second-order valence-electron chi connectivity index (χ2n) is 5.44. The normalized spacial score (nSPS) is 25.2. The van der Waals surface area contributed by atoms with Crippen molar-refractivity contribution in [1.82, 2.24) is 9.88 Å². The van der Waals surface area contributed by atoms with Crippen LogP contribution in [0.1, 0.15) is 30.7 Å². The van der Waals surface area contributed by atoms with Crippen molar-refractivity contribution in [2.45, 2.75) is 45.2 Å². The number of likely N-dealkylation sites (tertiary alicyclic amines) is 1. The summed E-state index contributed by atoms with van der Waals surface area (Å²) >= 11 is 0. The van der Waals surface area contributed by atoms with E-state index in [1.807, 2.05) is 6.92 Å². The van der Waals surface area contributed by atoms with Gasteiger partial charge in [0, 0.05) is 30.9 Å². The van der Waals surface area contributed by atoms with Crippen molar-refractivity contribution in [3.8, 4) is 0 Å². The van der Waals surface area contributed by atoms with Crippen LogP contribution in [-0.2, 0) is 0 Å². The first-order chi connectivity index (χ1) is 8.22. The van der Waals surface area contributed by atoms with Gasteiger partial charge in [-0.1, -0.05) is 0 Å². The van der Waals surface area contributed by atoms with Gasteiger partial charge in [-0.2, -0.15) is 0 Å². The van der Waals surface area contributed by atoms with Gasteiger partial charge in [-0.3, -0.25) is 9.88 Å². The second kappa shape index (κ2) is 4.30. The third-order valence-corrected chi connectivity index (χ3v) is 3.87. The zero-order valence-corrected chi connectivity index (χ0v) is 10.7. The fourth-order valence-electron chi connectivity index (χ4n) is 2.74. The van der Waals surface area contributed by atoms with Gasteiger partial charge in [0.15, 0.2) is 0 Å². The highest BCUT2D eigenvalue weighted by molar-refractivity contribution is 5.48. The third kappa shape index (κ3) is 2.44. The standard InChI is InChI=1S/C14H21N3/c1-10-3-6-14(11(2)15-10)16-12-7-8-17(9-12)13-4-5-13/h3,6,12-13,16H,4-5,7-9H2,1-2H3. The average molecular weight is 231 g/mol. The van der Waals surface area contributed by atoms with Crippen molar-refractivity contribution >= 4 is 5.69 Å². The zero-order valence-electron chi connectivity index (χ0n) is 10.7. The molecule has 0 spiro atoms. The van der Waals surface area contributed by atoms with Gasteiger partial charge in [-0.15, -0.1) is 0 Å². The lowest BCUT2D eigenvalue weighted by Crippen LogP contribution is -2.28. The van der Waals surface area contributed by atoms with Crippen molar-refractivity contribution in [1.29, 1.82) is 0 Å². The Hall–Kier alpha value is -1.09. The highest BCUT2D eigenvalue weighted by Gasteiger charge is 2.34. The highest BCUT2D eigenvalue weighted by atomic mass is 15.2. The molecule has 3 rings (SSSR count). The molecule has 1 aliphatic carbocycles. The lowest BCUT2D eigenvalue weighted by molar-refractivity contribution is 0.326. The Bertz CT molecular complexity index is 412. The third-order valence-electron chi connectivity index (χ3n) is 3.87. The monoisotopic (exact) mass is 231 g/mol. The number of nitrogens with one attached hydrogen (secondary N) is 1. The maximum atomic E-state index is 4.51. The molecule has 2 aliphatic rings. The van der Waals surface area contributed by atoms with Crippen LogP contribution in [0.3, 0.4) is 0 Å². The van der Waals surface area contributed by atoms with Crippen molar-refractivity contribution < 1.29 is 0 Å². The van der Waals surface area contributed by atoms with Crippen LogP contribution in [0.5, 0.6) is 0 Å². The Morgan fingerprint density at radius 3 is 2.76 bits per heavy atom. The maximum Gasteiger partial charge on any atom is 0.0606 e. The van der Waals surface area contributed by atoms with E-state index in [0.717, 1.165) is 17.4 Å². The van der Waals surface area contributed by atoms with Crippen LogP contribution in [0.15, 0.2) is 12.1 Å². The summed E-state index contributed by atoms with van der Waals surface area (Å²) in [7, 11) is 0. The molecule has 92 valence electrons. The molecular weight excluding hydrogens is 210 g/mol. The molecule has 1 N–H and O–H groups in total. The molecule has 1 aromatic heterocycles. The molecule has 0 bridgehead atoms. The van der Waals surface area contributed by atoms with Gasteiger partial charge in [0.25, 0.3) is 0 Å². The molecule has 0 aromatic carbocycles. The molecular formula is C14H21N3. The average Bonchev–Trinajstić information content (AvgIpc) is 3.04. The number of hydrogen-bond acceptors (Lipinski definition) is 3. The van der Waals surface area contributed by atoms with E-state index in [4.69, 9.17) is 0 Å². The van der Waals surface area contributed by atoms with E-state index in [1.54, 1.807) is 0 Å². The fraction of sp³-hybridized carbons (Fsp3) is 0.643. The van der Waals surface area contributed by atoms with E-state index < -0.39 is 0 Å². The van der Waals surface area contributed by atoms with Crippen molar-refractivity contribution in [2.75, 3.05) is 18.4 Å². The number of aryl methyl sites for hydroxylation is 2. The number of anilines is 1. The summed E-state index contributed by atoms with van der Waals surface area (Å²) in [5, 5.41) is 3.64. The van der Waals surface area contributed by atoms with Gasteiger partial charge in [-0.05, 0) is 45.2 Å². The number of nitrogens with zero attached hydrogens (tertiary/aromatic N) is 2. The summed E-state index contributed by atoms with van der Waals surface area (Å²) in [5.41, 5.74) is 3.42. The first-order valence-electron chi connectivity index (χ1n) is 6.67. The lowest BCUT2D eigenvalue weighted by atomic mass is 10.2. The minimum atomic E-state index is 0.610. The fourth-order valence-corrected chi connectivity index (χ4v) is 2.74. The Balaban J connectivity index is 1.63. The number of hydrogen-bond donors (Lipinski definition) is 1. The molecule has 1 atom stereocenters. The van der Waals surface area contributed by atoms with Gasteiger partial charge >= 0.3 is 0 Å². The molecule has 1 aromatic rings. The molecule has 0 amide bonds. The maximum absolute atomic E-state index is 4.51. The number of aromatic nitrogens is 1. The molecule has 0 radical (unpaired) electrons. The van der Waals surface area contributed by atoms with Crippen LogP contribution in [0, 0.1) is 13.8 Å². The van der Waals surface area contributed by atoms with Gasteiger partial charge in [-0.25, -0.2) is 0 Å². The Kier molecular flexibility index (Phi) is 2.79. The Labute approximate surface area is 103 Å². The largest absolute Gasteiger partial charge is 0.380 e. The van der Waals surface area contributed by atoms with Gasteiger partial charge in [0.05, 0.1) is 11.4 Å². The molecule has 3 nitrogen and oxygen atoms in total. The molecule has 1 unspecified atom stereocenters. The summed E-state index contributed by atoms with van der Waals surface area (Å²) in [6.45, 7) is 6.60. The predicted molar refractivity (Wildman–Crippen MR) is 70.3 cm³/mol.